The summed E-state index contributed by atoms with van der Waals surface area (Å²) in [5.41, 5.74) is 2.74. The van der Waals surface area contributed by atoms with Crippen LogP contribution >= 0.6 is 0 Å². The average Bonchev–Trinajstić information content (AvgIpc) is 2.14. The van der Waals surface area contributed by atoms with Crippen LogP contribution in [0.1, 0.15) is 47.5 Å². The molecule has 0 aliphatic rings. The molecule has 0 heterocycles. The van der Waals surface area contributed by atoms with E-state index in [1.54, 1.807) is 0 Å². The van der Waals surface area contributed by atoms with E-state index >= 15 is 0 Å². The maximum Gasteiger partial charge on any atom is 0.0817 e. The number of rotatable bonds is 7. The van der Waals surface area contributed by atoms with Gasteiger partial charge in [-0.2, -0.15) is 0 Å². The van der Waals surface area contributed by atoms with E-state index < -0.39 is 0 Å². The molecule has 3 heteroatoms. The Balaban J connectivity index is 4.41. The first kappa shape index (κ1) is 13.9. The quantitative estimate of drug-likeness (QED) is 0.491. The summed E-state index contributed by atoms with van der Waals surface area (Å²) in [4.78, 5) is 0. The van der Waals surface area contributed by atoms with Gasteiger partial charge in [-0.25, -0.2) is 0 Å². The average molecular weight is 202 g/mol. The molecule has 0 aromatic rings. The molecule has 14 heavy (non-hydrogen) atoms. The molecule has 0 saturated carbocycles. The van der Waals surface area contributed by atoms with Crippen LogP contribution in [0.3, 0.4) is 0 Å². The zero-order chi connectivity index (χ0) is 11.2. The molecule has 0 amide bonds. The van der Waals surface area contributed by atoms with Crippen molar-refractivity contribution in [2.45, 2.75) is 59.1 Å². The second kappa shape index (κ2) is 6.38. The Hall–Kier alpha value is -0.120. The van der Waals surface area contributed by atoms with Crippen LogP contribution in [0.25, 0.3) is 0 Å². The van der Waals surface area contributed by atoms with E-state index in [-0.39, 0.29) is 11.6 Å². The molecule has 0 bridgehead atoms. The molecule has 0 fully saturated rings. The minimum atomic E-state index is -0.145. The molecule has 2 atom stereocenters. The highest BCUT2D eigenvalue weighted by Crippen LogP contribution is 2.24. The maximum atomic E-state index is 5.79. The van der Waals surface area contributed by atoms with E-state index in [4.69, 9.17) is 10.6 Å². The molecule has 0 radical (unpaired) electrons. The zero-order valence-corrected chi connectivity index (χ0v) is 10.3. The van der Waals surface area contributed by atoms with Crippen LogP contribution in [0.5, 0.6) is 0 Å². The van der Waals surface area contributed by atoms with Crippen molar-refractivity contribution in [1.29, 1.82) is 0 Å². The van der Waals surface area contributed by atoms with E-state index in [1.165, 1.54) is 0 Å². The van der Waals surface area contributed by atoms with Crippen LogP contribution in [0.15, 0.2) is 0 Å². The molecule has 0 aliphatic carbocycles. The van der Waals surface area contributed by atoms with Gasteiger partial charge in [0.1, 0.15) is 0 Å². The highest BCUT2D eigenvalue weighted by molar-refractivity contribution is 4.87. The van der Waals surface area contributed by atoms with Crippen LogP contribution in [-0.4, -0.2) is 18.2 Å². The second-order valence-corrected chi connectivity index (χ2v) is 4.45. The number of hydrogen-bond donors (Lipinski definition) is 2. The summed E-state index contributed by atoms with van der Waals surface area (Å²) >= 11 is 0. The fraction of sp³-hybridized carbons (Fsp3) is 1.00. The molecular formula is C11H26N2O. The van der Waals surface area contributed by atoms with Gasteiger partial charge in [-0.3, -0.25) is 11.3 Å². The first-order valence-corrected chi connectivity index (χ1v) is 5.60. The van der Waals surface area contributed by atoms with Crippen molar-refractivity contribution in [2.24, 2.45) is 11.8 Å². The summed E-state index contributed by atoms with van der Waals surface area (Å²) in [7, 11) is 0. The van der Waals surface area contributed by atoms with Crippen molar-refractivity contribution in [3.8, 4) is 0 Å². The van der Waals surface area contributed by atoms with Crippen molar-refractivity contribution in [1.82, 2.24) is 5.43 Å². The maximum absolute atomic E-state index is 5.79. The van der Waals surface area contributed by atoms with E-state index in [0.717, 1.165) is 19.4 Å². The lowest BCUT2D eigenvalue weighted by Crippen LogP contribution is -2.53. The highest BCUT2D eigenvalue weighted by atomic mass is 16.5. The third-order valence-electron chi connectivity index (χ3n) is 2.82. The fourth-order valence-electron chi connectivity index (χ4n) is 1.74. The van der Waals surface area contributed by atoms with Crippen molar-refractivity contribution < 1.29 is 4.74 Å². The lowest BCUT2D eigenvalue weighted by molar-refractivity contribution is -0.0595. The van der Waals surface area contributed by atoms with Gasteiger partial charge < -0.3 is 4.74 Å². The first-order valence-electron chi connectivity index (χ1n) is 5.60. The van der Waals surface area contributed by atoms with E-state index in [9.17, 15) is 0 Å². The molecule has 0 rings (SSSR count). The van der Waals surface area contributed by atoms with Crippen LogP contribution in [-0.2, 0) is 4.74 Å². The van der Waals surface area contributed by atoms with Crippen LogP contribution < -0.4 is 11.3 Å². The standard InChI is InChI=1S/C11H26N2O/c1-6-11(5,14-7-2)10(13-12)8-9(3)4/h9-10,13H,6-8,12H2,1-5H3. The Bertz CT molecular complexity index is 150. The summed E-state index contributed by atoms with van der Waals surface area (Å²) in [6.07, 6.45) is 2.02. The number of hydrazine groups is 1. The molecular weight excluding hydrogens is 176 g/mol. The van der Waals surface area contributed by atoms with Gasteiger partial charge in [-0.05, 0) is 32.6 Å². The van der Waals surface area contributed by atoms with E-state index in [2.05, 4.69) is 33.1 Å². The Morgan fingerprint density at radius 3 is 2.21 bits per heavy atom. The predicted octanol–water partition coefficient (Wildman–Crippen LogP) is 2.07. The smallest absolute Gasteiger partial charge is 0.0817 e. The Labute approximate surface area is 88.4 Å². The van der Waals surface area contributed by atoms with Gasteiger partial charge in [0.15, 0.2) is 0 Å². The molecule has 0 aromatic heterocycles. The highest BCUT2D eigenvalue weighted by Gasteiger charge is 2.32. The zero-order valence-electron chi connectivity index (χ0n) is 10.3. The van der Waals surface area contributed by atoms with Crippen molar-refractivity contribution in [3.63, 3.8) is 0 Å². The van der Waals surface area contributed by atoms with Gasteiger partial charge in [-0.1, -0.05) is 20.8 Å². The molecule has 0 spiro atoms. The van der Waals surface area contributed by atoms with Crippen LogP contribution in [0, 0.1) is 5.92 Å². The van der Waals surface area contributed by atoms with Gasteiger partial charge in [0.2, 0.25) is 0 Å². The van der Waals surface area contributed by atoms with Gasteiger partial charge in [-0.15, -0.1) is 0 Å². The third-order valence-corrected chi connectivity index (χ3v) is 2.82. The van der Waals surface area contributed by atoms with Crippen molar-refractivity contribution in [2.75, 3.05) is 6.61 Å². The minimum absolute atomic E-state index is 0.145. The van der Waals surface area contributed by atoms with Crippen LogP contribution in [0.4, 0.5) is 0 Å². The predicted molar refractivity (Wildman–Crippen MR) is 60.9 cm³/mol. The van der Waals surface area contributed by atoms with E-state index in [0.29, 0.717) is 5.92 Å². The minimum Gasteiger partial charge on any atom is -0.374 e. The summed E-state index contributed by atoms with van der Waals surface area (Å²) < 4.78 is 5.79. The molecule has 0 saturated heterocycles. The molecule has 86 valence electrons. The lowest BCUT2D eigenvalue weighted by atomic mass is 9.87. The van der Waals surface area contributed by atoms with Gasteiger partial charge in [0, 0.05) is 6.61 Å². The number of ether oxygens (including phenoxy) is 1. The summed E-state index contributed by atoms with van der Waals surface area (Å²) in [5.74, 6) is 6.21. The van der Waals surface area contributed by atoms with Crippen LogP contribution in [0.2, 0.25) is 0 Å². The topological polar surface area (TPSA) is 47.3 Å². The Morgan fingerprint density at radius 2 is 1.93 bits per heavy atom. The molecule has 0 aromatic carbocycles. The Kier molecular flexibility index (Phi) is 6.33. The van der Waals surface area contributed by atoms with Gasteiger partial charge in [0.25, 0.3) is 0 Å². The largest absolute Gasteiger partial charge is 0.374 e. The summed E-state index contributed by atoms with van der Waals surface area (Å²) in [6, 6.07) is 0.229. The van der Waals surface area contributed by atoms with Crippen molar-refractivity contribution >= 4 is 0 Å². The summed E-state index contributed by atoms with van der Waals surface area (Å²) in [6.45, 7) is 11.4. The first-order chi connectivity index (χ1) is 6.50. The molecule has 2 unspecified atom stereocenters. The normalized spacial score (nSPS) is 18.2. The molecule has 3 nitrogen and oxygen atoms in total. The number of nitrogens with one attached hydrogen (secondary N) is 1. The number of nitrogens with two attached hydrogens (primary N) is 1. The van der Waals surface area contributed by atoms with Crippen molar-refractivity contribution in [3.05, 3.63) is 0 Å². The van der Waals surface area contributed by atoms with E-state index in [1.807, 2.05) is 6.92 Å². The molecule has 3 N–H and O–H groups in total. The number of hydrogen-bond acceptors (Lipinski definition) is 3. The SMILES string of the molecule is CCOC(C)(CC)C(CC(C)C)NN. The third kappa shape index (κ3) is 3.95. The molecule has 0 aliphatic heterocycles. The Morgan fingerprint density at radius 1 is 1.36 bits per heavy atom. The second-order valence-electron chi connectivity index (χ2n) is 4.45. The monoisotopic (exact) mass is 202 g/mol. The van der Waals surface area contributed by atoms with Gasteiger partial charge in [0.05, 0.1) is 11.6 Å². The summed E-state index contributed by atoms with van der Waals surface area (Å²) in [5, 5.41) is 0. The van der Waals surface area contributed by atoms with Gasteiger partial charge >= 0.3 is 0 Å². The lowest BCUT2D eigenvalue weighted by Gasteiger charge is -2.37. The fourth-order valence-corrected chi connectivity index (χ4v) is 1.74.